The molecular weight excluding hydrogens is 478 g/mol. The van der Waals surface area contributed by atoms with E-state index in [0.29, 0.717) is 11.3 Å². The Hall–Kier alpha value is -1.57. The smallest absolute Gasteiger partial charge is 0.408 e. The summed E-state index contributed by atoms with van der Waals surface area (Å²) < 4.78 is 22.6. The molecule has 0 radical (unpaired) electrons. The van der Waals surface area contributed by atoms with Gasteiger partial charge in [-0.25, -0.2) is 14.4 Å². The molecule has 8 N–H and O–H groups in total. The lowest BCUT2D eigenvalue weighted by Crippen LogP contribution is -2.58. The molecule has 3 unspecified atom stereocenters. The number of carbonyl (C=O) groups is 3. The van der Waals surface area contributed by atoms with Crippen LogP contribution in [-0.4, -0.2) is 105 Å². The molecule has 0 saturated heterocycles. The molecule has 0 aliphatic carbocycles. The van der Waals surface area contributed by atoms with E-state index in [4.69, 9.17) is 24.7 Å². The molecule has 0 aliphatic rings. The summed E-state index contributed by atoms with van der Waals surface area (Å²) in [5.74, 6) is -3.91. The number of carboxylic acid groups (broad SMARTS) is 3. The largest absolute Gasteiger partial charge is 0.480 e. The number of carboxylic acids is 2. The summed E-state index contributed by atoms with van der Waals surface area (Å²) in [6, 6.07) is -3.64. The molecule has 32 heavy (non-hydrogen) atoms. The zero-order valence-electron chi connectivity index (χ0n) is 17.5. The summed E-state index contributed by atoms with van der Waals surface area (Å²) in [7, 11) is -9.53. The molecular formula is C15H30N2O13P2. The van der Waals surface area contributed by atoms with Crippen LogP contribution < -0.4 is 0 Å². The summed E-state index contributed by atoms with van der Waals surface area (Å²) in [6.45, 7) is 3.09. The highest BCUT2D eigenvalue weighted by atomic mass is 31.2. The monoisotopic (exact) mass is 508 g/mol. The molecule has 17 heteroatoms. The fourth-order valence-corrected chi connectivity index (χ4v) is 4.71. The molecule has 0 aromatic rings. The first-order valence-electron chi connectivity index (χ1n) is 9.32. The fourth-order valence-electron chi connectivity index (χ4n) is 3.03. The van der Waals surface area contributed by atoms with Gasteiger partial charge in [0.25, 0.3) is 0 Å². The summed E-state index contributed by atoms with van der Waals surface area (Å²) in [6.07, 6.45) is -6.60. The van der Waals surface area contributed by atoms with Crippen molar-refractivity contribution in [3.63, 3.8) is 0 Å². The summed E-state index contributed by atoms with van der Waals surface area (Å²) >= 11 is 0. The first-order chi connectivity index (χ1) is 14.4. The first-order valence-corrected chi connectivity index (χ1v) is 12.9. The van der Waals surface area contributed by atoms with E-state index in [0.717, 1.165) is 0 Å². The Bertz CT molecular complexity index is 726. The molecule has 15 nitrogen and oxygen atoms in total. The number of hydrogen-bond donors (Lipinski definition) is 8. The van der Waals surface area contributed by atoms with Crippen molar-refractivity contribution in [1.82, 2.24) is 9.80 Å². The Morgan fingerprint density at radius 3 is 1.59 bits per heavy atom. The van der Waals surface area contributed by atoms with Crippen LogP contribution >= 0.6 is 15.2 Å². The molecule has 0 aromatic heterocycles. The van der Waals surface area contributed by atoms with Gasteiger partial charge < -0.3 is 40.0 Å². The van der Waals surface area contributed by atoms with E-state index in [-0.39, 0.29) is 23.7 Å². The van der Waals surface area contributed by atoms with Crippen LogP contribution in [-0.2, 0) is 18.7 Å². The molecule has 0 aliphatic heterocycles. The lowest BCUT2D eigenvalue weighted by atomic mass is 9.97. The van der Waals surface area contributed by atoms with Crippen molar-refractivity contribution in [2.24, 2.45) is 5.92 Å². The first kappa shape index (κ1) is 30.4. The van der Waals surface area contributed by atoms with Crippen LogP contribution in [0.2, 0.25) is 0 Å². The Kier molecular flexibility index (Phi) is 12.0. The molecule has 0 saturated carbocycles. The lowest BCUT2D eigenvalue weighted by molar-refractivity contribution is -0.161. The average Bonchev–Trinajstić information content (AvgIpc) is 2.55. The molecule has 0 rings (SSSR count). The number of nitrogens with zero attached hydrogens (tertiary/aromatic N) is 2. The minimum atomic E-state index is -4.76. The number of rotatable bonds is 15. The van der Waals surface area contributed by atoms with E-state index in [2.05, 4.69) is 0 Å². The van der Waals surface area contributed by atoms with Gasteiger partial charge in [0.05, 0.1) is 0 Å². The van der Waals surface area contributed by atoms with Crippen LogP contribution in [0, 0.1) is 5.92 Å². The van der Waals surface area contributed by atoms with E-state index in [1.807, 2.05) is 0 Å². The number of hydrogen-bond acceptors (Lipinski definition) is 7. The number of amides is 1. The van der Waals surface area contributed by atoms with Gasteiger partial charge in [0, 0.05) is 12.6 Å². The van der Waals surface area contributed by atoms with Gasteiger partial charge in [0.1, 0.15) is 12.6 Å². The SMILES string of the molecule is CC(C)CCC(CCN(CP(=O)(O)O)CP(=O)(O)O)N(C(=O)O)C(C(=O)O)C(O)C(=O)O. The van der Waals surface area contributed by atoms with Gasteiger partial charge in [0.2, 0.25) is 0 Å². The Balaban J connectivity index is 6.02. The van der Waals surface area contributed by atoms with Gasteiger partial charge in [-0.3, -0.25) is 18.9 Å². The van der Waals surface area contributed by atoms with Gasteiger partial charge in [-0.15, -0.1) is 0 Å². The van der Waals surface area contributed by atoms with Crippen LogP contribution in [0.5, 0.6) is 0 Å². The maximum Gasteiger partial charge on any atom is 0.408 e. The molecule has 3 atom stereocenters. The van der Waals surface area contributed by atoms with Crippen LogP contribution in [0.4, 0.5) is 4.79 Å². The third-order valence-corrected chi connectivity index (χ3v) is 5.88. The van der Waals surface area contributed by atoms with Crippen LogP contribution in [0.3, 0.4) is 0 Å². The van der Waals surface area contributed by atoms with Crippen molar-refractivity contribution in [3.8, 4) is 0 Å². The molecule has 0 heterocycles. The second kappa shape index (κ2) is 12.6. The van der Waals surface area contributed by atoms with Crippen molar-refractivity contribution >= 4 is 33.2 Å². The zero-order valence-corrected chi connectivity index (χ0v) is 19.2. The van der Waals surface area contributed by atoms with Gasteiger partial charge >= 0.3 is 33.2 Å². The van der Waals surface area contributed by atoms with Crippen LogP contribution in [0.25, 0.3) is 0 Å². The summed E-state index contributed by atoms with van der Waals surface area (Å²) in [5, 5.41) is 37.7. The highest BCUT2D eigenvalue weighted by molar-refractivity contribution is 7.52. The molecule has 0 bridgehead atoms. The highest BCUT2D eigenvalue weighted by Crippen LogP contribution is 2.41. The predicted molar refractivity (Wildman–Crippen MR) is 108 cm³/mol. The lowest BCUT2D eigenvalue weighted by Gasteiger charge is -2.36. The number of aliphatic hydroxyl groups is 1. The normalized spacial score (nSPS) is 15.4. The third-order valence-electron chi connectivity index (χ3n) is 4.34. The van der Waals surface area contributed by atoms with Gasteiger partial charge in [-0.2, -0.15) is 0 Å². The van der Waals surface area contributed by atoms with Gasteiger partial charge in [-0.1, -0.05) is 13.8 Å². The summed E-state index contributed by atoms with van der Waals surface area (Å²) in [5.41, 5.74) is 0. The van der Waals surface area contributed by atoms with Crippen molar-refractivity contribution in [2.75, 3.05) is 19.1 Å². The van der Waals surface area contributed by atoms with Crippen LogP contribution in [0.1, 0.15) is 33.1 Å². The van der Waals surface area contributed by atoms with E-state index in [1.165, 1.54) is 0 Å². The van der Waals surface area contributed by atoms with E-state index >= 15 is 0 Å². The van der Waals surface area contributed by atoms with Gasteiger partial charge in [-0.05, 0) is 25.2 Å². The average molecular weight is 508 g/mol. The molecule has 1 amide bonds. The van der Waals surface area contributed by atoms with E-state index in [9.17, 15) is 38.8 Å². The predicted octanol–water partition coefficient (Wildman–Crippen LogP) is -0.368. The Morgan fingerprint density at radius 2 is 1.28 bits per heavy atom. The van der Waals surface area contributed by atoms with Crippen molar-refractivity contribution < 1.29 is 63.5 Å². The molecule has 0 fully saturated rings. The minimum absolute atomic E-state index is 0.00197. The maximum absolute atomic E-state index is 11.9. The van der Waals surface area contributed by atoms with Crippen molar-refractivity contribution in [2.45, 2.75) is 51.3 Å². The van der Waals surface area contributed by atoms with E-state index < -0.39 is 70.5 Å². The highest BCUT2D eigenvalue weighted by Gasteiger charge is 2.43. The standard InChI is InChI=1S/C15H30N2O13P2/c1-9(2)3-4-10(5-6-16(7-31(25,26)27)8-32(28,29)30)17(15(23)24)11(13(19)20)12(18)14(21)22/h9-12,18H,3-8H2,1-2H3,(H,19,20)(H,21,22)(H,23,24)(H2,25,26,27)(H2,28,29,30). The van der Waals surface area contributed by atoms with Gasteiger partial charge in [0.15, 0.2) is 12.1 Å². The molecule has 0 spiro atoms. The van der Waals surface area contributed by atoms with Crippen molar-refractivity contribution in [1.29, 1.82) is 0 Å². The second-order valence-corrected chi connectivity index (χ2v) is 10.9. The quantitative estimate of drug-likeness (QED) is 0.131. The Labute approximate surface area is 183 Å². The van der Waals surface area contributed by atoms with Crippen molar-refractivity contribution in [3.05, 3.63) is 0 Å². The third kappa shape index (κ3) is 11.9. The maximum atomic E-state index is 11.9. The van der Waals surface area contributed by atoms with Crippen LogP contribution in [0.15, 0.2) is 0 Å². The fraction of sp³-hybridized carbons (Fsp3) is 0.800. The Morgan fingerprint density at radius 1 is 0.812 bits per heavy atom. The number of aliphatic carboxylic acids is 2. The summed E-state index contributed by atoms with van der Waals surface area (Å²) in [4.78, 5) is 72.2. The topological polar surface area (TPSA) is 254 Å². The molecule has 188 valence electrons. The second-order valence-electron chi connectivity index (χ2n) is 7.68. The molecule has 0 aromatic carbocycles. The number of aliphatic hydroxyl groups excluding tert-OH is 1. The zero-order chi connectivity index (χ0) is 25.4. The minimum Gasteiger partial charge on any atom is -0.480 e. The van der Waals surface area contributed by atoms with E-state index in [1.54, 1.807) is 13.8 Å².